The molecule has 2 heterocycles. The molecule has 2 rings (SSSR count). The number of aldehydes is 1. The lowest BCUT2D eigenvalue weighted by Gasteiger charge is -2.50. The molecule has 0 spiro atoms. The van der Waals surface area contributed by atoms with Gasteiger partial charge in [0.05, 0.1) is 32.0 Å². The Labute approximate surface area is 243 Å². The molecule has 20 nitrogen and oxygen atoms in total. The van der Waals surface area contributed by atoms with Crippen LogP contribution in [-0.2, 0) is 33.3 Å². The van der Waals surface area contributed by atoms with Crippen LogP contribution in [0.5, 0.6) is 0 Å². The molecule has 2 aliphatic rings. The molecular formula is C23H39NO19. The van der Waals surface area contributed by atoms with Gasteiger partial charge in [-0.15, -0.1) is 0 Å². The third-order valence-electron chi connectivity index (χ3n) is 7.02. The largest absolute Gasteiger partial charge is 0.477 e. The second kappa shape index (κ2) is 15.8. The van der Waals surface area contributed by atoms with Crippen molar-refractivity contribution in [2.75, 3.05) is 19.8 Å². The van der Waals surface area contributed by atoms with E-state index >= 15 is 0 Å². The number of aliphatic hydroxyl groups excluding tert-OH is 11. The van der Waals surface area contributed by atoms with E-state index in [0.29, 0.717) is 0 Å². The Morgan fingerprint density at radius 2 is 1.63 bits per heavy atom. The number of rotatable bonds is 15. The first kappa shape index (κ1) is 37.2. The van der Waals surface area contributed by atoms with Crippen LogP contribution < -0.4 is 5.32 Å². The van der Waals surface area contributed by atoms with Gasteiger partial charge in [-0.25, -0.2) is 4.79 Å². The van der Waals surface area contributed by atoms with Crippen molar-refractivity contribution < 1.29 is 94.6 Å². The number of carbonyl (C=O) groups is 3. The van der Waals surface area contributed by atoms with Crippen molar-refractivity contribution >= 4 is 18.2 Å². The van der Waals surface area contributed by atoms with Gasteiger partial charge < -0.3 is 90.3 Å². The van der Waals surface area contributed by atoms with Gasteiger partial charge in [0, 0.05) is 13.3 Å². The van der Waals surface area contributed by atoms with Crippen molar-refractivity contribution in [2.45, 2.75) is 105 Å². The normalized spacial score (nSPS) is 37.4. The number of aliphatic carboxylic acids is 1. The lowest BCUT2D eigenvalue weighted by Crippen LogP contribution is -2.70. The molecule has 2 saturated heterocycles. The van der Waals surface area contributed by atoms with E-state index in [1.807, 2.05) is 0 Å². The van der Waals surface area contributed by atoms with E-state index in [0.717, 1.165) is 6.92 Å². The number of carbonyl (C=O) groups excluding carboxylic acids is 2. The van der Waals surface area contributed by atoms with Crippen molar-refractivity contribution in [3.8, 4) is 0 Å². The number of hydrogen-bond donors (Lipinski definition) is 13. The Bertz CT molecular complexity index is 927. The second-order valence-corrected chi connectivity index (χ2v) is 10.1. The number of amides is 1. The Morgan fingerprint density at radius 1 is 1.02 bits per heavy atom. The van der Waals surface area contributed by atoms with Gasteiger partial charge in [0.1, 0.15) is 67.1 Å². The topological polar surface area (TPSA) is 343 Å². The highest BCUT2D eigenvalue weighted by atomic mass is 16.8. The van der Waals surface area contributed by atoms with Crippen molar-refractivity contribution in [3.63, 3.8) is 0 Å². The van der Waals surface area contributed by atoms with Crippen molar-refractivity contribution in [1.29, 1.82) is 0 Å². The summed E-state index contributed by atoms with van der Waals surface area (Å²) in [4.78, 5) is 35.2. The lowest BCUT2D eigenvalue weighted by molar-refractivity contribution is -0.377. The fraction of sp³-hybridized carbons (Fsp3) is 0.870. The summed E-state index contributed by atoms with van der Waals surface area (Å²) in [6, 6.07) is -1.57. The minimum absolute atomic E-state index is 0.134. The van der Waals surface area contributed by atoms with Gasteiger partial charge in [0.2, 0.25) is 5.91 Å². The first-order valence-corrected chi connectivity index (χ1v) is 13.0. The van der Waals surface area contributed by atoms with Crippen LogP contribution in [0, 0.1) is 0 Å². The molecule has 0 aliphatic carbocycles. The Kier molecular flexibility index (Phi) is 13.7. The zero-order valence-corrected chi connectivity index (χ0v) is 22.7. The summed E-state index contributed by atoms with van der Waals surface area (Å²) in [6.07, 6.45) is -28.0. The summed E-state index contributed by atoms with van der Waals surface area (Å²) < 4.78 is 21.5. The van der Waals surface area contributed by atoms with Gasteiger partial charge >= 0.3 is 5.97 Å². The molecule has 0 unspecified atom stereocenters. The molecule has 13 N–H and O–H groups in total. The number of carboxylic acid groups (broad SMARTS) is 1. The minimum Gasteiger partial charge on any atom is -0.477 e. The average molecular weight is 634 g/mol. The van der Waals surface area contributed by atoms with E-state index in [4.69, 9.17) is 18.9 Å². The van der Waals surface area contributed by atoms with Crippen LogP contribution in [-0.4, -0.2) is 191 Å². The summed E-state index contributed by atoms with van der Waals surface area (Å²) in [6.45, 7) is -2.18. The maximum atomic E-state index is 12.5. The van der Waals surface area contributed by atoms with E-state index in [1.54, 1.807) is 0 Å². The first-order chi connectivity index (χ1) is 20.1. The van der Waals surface area contributed by atoms with Crippen LogP contribution in [0.3, 0.4) is 0 Å². The van der Waals surface area contributed by atoms with Gasteiger partial charge in [-0.2, -0.15) is 0 Å². The average Bonchev–Trinajstić information content (AvgIpc) is 2.97. The second-order valence-electron chi connectivity index (χ2n) is 10.1. The molecule has 2 fully saturated rings. The highest BCUT2D eigenvalue weighted by molar-refractivity contribution is 5.76. The summed E-state index contributed by atoms with van der Waals surface area (Å²) in [5.41, 5.74) is 0. The van der Waals surface area contributed by atoms with E-state index in [1.165, 1.54) is 0 Å². The molecule has 0 aromatic carbocycles. The number of nitrogens with one attached hydrogen (secondary N) is 1. The predicted molar refractivity (Wildman–Crippen MR) is 131 cm³/mol. The minimum atomic E-state index is -3.07. The van der Waals surface area contributed by atoms with Gasteiger partial charge in [-0.3, -0.25) is 4.79 Å². The zero-order chi connectivity index (χ0) is 32.8. The maximum absolute atomic E-state index is 12.5. The Hall–Kier alpha value is -1.99. The van der Waals surface area contributed by atoms with Crippen molar-refractivity contribution in [2.24, 2.45) is 0 Å². The Morgan fingerprint density at radius 3 is 2.12 bits per heavy atom. The lowest BCUT2D eigenvalue weighted by atomic mass is 9.88. The third-order valence-corrected chi connectivity index (χ3v) is 7.02. The van der Waals surface area contributed by atoms with Gasteiger partial charge in [0.15, 0.2) is 12.6 Å². The van der Waals surface area contributed by atoms with Gasteiger partial charge in [-0.1, -0.05) is 0 Å². The Balaban J connectivity index is 2.49. The molecule has 0 bridgehead atoms. The molecule has 15 atom stereocenters. The molecule has 0 radical (unpaired) electrons. The summed E-state index contributed by atoms with van der Waals surface area (Å²) in [5.74, 6) is -5.85. The smallest absolute Gasteiger partial charge is 0.364 e. The summed E-state index contributed by atoms with van der Waals surface area (Å²) in [5, 5.41) is 124. The first-order valence-electron chi connectivity index (χ1n) is 13.0. The van der Waals surface area contributed by atoms with Crippen LogP contribution >= 0.6 is 0 Å². The van der Waals surface area contributed by atoms with Gasteiger partial charge in [-0.05, 0) is 0 Å². The summed E-state index contributed by atoms with van der Waals surface area (Å²) >= 11 is 0. The molecule has 2 aliphatic heterocycles. The van der Waals surface area contributed by atoms with Crippen LogP contribution in [0.1, 0.15) is 13.3 Å². The molecule has 43 heavy (non-hydrogen) atoms. The predicted octanol–water partition coefficient (Wildman–Crippen LogP) is -8.38. The molecule has 1 amide bonds. The number of hydrogen-bond acceptors (Lipinski definition) is 18. The van der Waals surface area contributed by atoms with Crippen LogP contribution in [0.15, 0.2) is 0 Å². The van der Waals surface area contributed by atoms with Crippen LogP contribution in [0.25, 0.3) is 0 Å². The quantitative estimate of drug-likeness (QED) is 0.0744. The van der Waals surface area contributed by atoms with E-state index in [-0.39, 0.29) is 6.29 Å². The zero-order valence-electron chi connectivity index (χ0n) is 22.7. The van der Waals surface area contributed by atoms with Gasteiger partial charge in [0.25, 0.3) is 5.79 Å². The van der Waals surface area contributed by atoms with Crippen LogP contribution in [0.4, 0.5) is 0 Å². The van der Waals surface area contributed by atoms with E-state index in [2.05, 4.69) is 5.32 Å². The molecule has 0 aromatic heterocycles. The molecule has 20 heteroatoms. The standard InChI is InChI=1S/C23H39NO19/c1-7(29)24-13-8(30)2-23(22(38)39,42-19(13)15(35)10(32)4-26)43-20-16(36)12(6-28)40-21(17(20)37)41-18(11(33)5-27)14(34)9(31)3-25/h3,8-21,26-28,30-37H,2,4-6H2,1H3,(H,24,29)(H,38,39)/t8-,9-,10+,11+,12+,13-,14+,15+,16-,17+,18+,19-,20-,21-,23-/m0/s1. The molecule has 0 saturated carbocycles. The van der Waals surface area contributed by atoms with Crippen molar-refractivity contribution in [1.82, 2.24) is 5.32 Å². The highest BCUT2D eigenvalue weighted by Gasteiger charge is 2.59. The fourth-order valence-corrected chi connectivity index (χ4v) is 4.71. The SMILES string of the molecule is CC(=O)N[C@@H]1[C@@H]([C@H](O)[C@H](O)CO)O[C@@](O[C@H]2[C@@H](O)[C@@H](CO)O[C@@H](O[C@@H]([C@H](O)[C@@H](O)C=O)[C@H](O)CO)[C@@H]2O)(C(=O)O)C[C@@H]1O. The van der Waals surface area contributed by atoms with E-state index in [9.17, 15) is 75.7 Å². The fourth-order valence-electron chi connectivity index (χ4n) is 4.71. The van der Waals surface area contributed by atoms with E-state index < -0.39 is 129 Å². The van der Waals surface area contributed by atoms with Crippen LogP contribution in [0.2, 0.25) is 0 Å². The summed E-state index contributed by atoms with van der Waals surface area (Å²) in [7, 11) is 0. The molecule has 0 aromatic rings. The maximum Gasteiger partial charge on any atom is 0.364 e. The van der Waals surface area contributed by atoms with Crippen molar-refractivity contribution in [3.05, 3.63) is 0 Å². The number of aliphatic hydroxyl groups is 11. The molecule has 250 valence electrons. The molecular weight excluding hydrogens is 594 g/mol. The monoisotopic (exact) mass is 633 g/mol. The number of ether oxygens (including phenoxy) is 4. The highest BCUT2D eigenvalue weighted by Crippen LogP contribution is 2.37. The number of carboxylic acids is 1. The third kappa shape index (κ3) is 8.39.